The highest BCUT2D eigenvalue weighted by Gasteiger charge is 2.38. The minimum absolute atomic E-state index is 0.0813. The zero-order valence-corrected chi connectivity index (χ0v) is 18.2. The van der Waals surface area contributed by atoms with Crippen LogP contribution in [0, 0.1) is 0 Å². The third-order valence-corrected chi connectivity index (χ3v) is 6.12. The molecule has 1 aliphatic heterocycles. The van der Waals surface area contributed by atoms with Crippen LogP contribution in [0.15, 0.2) is 83.7 Å². The fourth-order valence-electron chi connectivity index (χ4n) is 4.44. The van der Waals surface area contributed by atoms with Gasteiger partial charge in [0.05, 0.1) is 18.4 Å². The van der Waals surface area contributed by atoms with Crippen molar-refractivity contribution in [1.82, 2.24) is 19.3 Å². The molecule has 0 aliphatic carbocycles. The molecule has 2 aromatic heterocycles. The van der Waals surface area contributed by atoms with E-state index in [0.29, 0.717) is 11.0 Å². The van der Waals surface area contributed by atoms with Crippen LogP contribution in [0.1, 0.15) is 19.4 Å². The summed E-state index contributed by atoms with van der Waals surface area (Å²) in [5, 5.41) is 4.70. The van der Waals surface area contributed by atoms with Crippen molar-refractivity contribution >= 4 is 22.5 Å². The van der Waals surface area contributed by atoms with E-state index in [4.69, 9.17) is 0 Å². The quantitative estimate of drug-likeness (QED) is 0.468. The number of fused-ring (bicyclic) bond motifs is 2. The molecule has 1 aliphatic rings. The molecule has 0 N–H and O–H groups in total. The van der Waals surface area contributed by atoms with Crippen molar-refractivity contribution in [2.24, 2.45) is 0 Å². The molecule has 160 valence electrons. The monoisotopic (exact) mass is 425 g/mol. The van der Waals surface area contributed by atoms with E-state index in [2.05, 4.69) is 36.1 Å². The Morgan fingerprint density at radius 1 is 1.06 bits per heavy atom. The summed E-state index contributed by atoms with van der Waals surface area (Å²) in [6.07, 6.45) is 4.56. The Kier molecular flexibility index (Phi) is 4.55. The number of anilines is 1. The molecule has 0 atom stereocenters. The van der Waals surface area contributed by atoms with E-state index >= 15 is 0 Å². The smallest absolute Gasteiger partial charge is 0.264 e. The van der Waals surface area contributed by atoms with Crippen molar-refractivity contribution in [3.05, 3.63) is 94.8 Å². The average Bonchev–Trinajstić information content (AvgIpc) is 3.31. The summed E-state index contributed by atoms with van der Waals surface area (Å²) in [6.45, 7) is 4.13. The highest BCUT2D eigenvalue weighted by molar-refractivity contribution is 5.92. The fraction of sp³-hybridized carbons (Fsp3) is 0.200. The van der Waals surface area contributed by atoms with E-state index < -0.39 is 0 Å². The standard InChI is InChI=1S/C25H23N5O2/c1-25(2)20-11-7-8-12-21(20)28(3)22(25)13-18(31)15-29-16-26-23-19(24(29)32)14-27-30(23)17-9-5-4-6-10-17/h4-14,16H,15H2,1-3H3/b22-13-. The van der Waals surface area contributed by atoms with Gasteiger partial charge in [0.2, 0.25) is 0 Å². The second kappa shape index (κ2) is 7.30. The van der Waals surface area contributed by atoms with E-state index in [0.717, 1.165) is 17.1 Å². The summed E-state index contributed by atoms with van der Waals surface area (Å²) in [5.74, 6) is -0.161. The number of carbonyl (C=O) groups is 1. The third-order valence-electron chi connectivity index (χ3n) is 6.12. The Morgan fingerprint density at radius 2 is 1.78 bits per heavy atom. The molecule has 3 heterocycles. The first kappa shape index (κ1) is 19.9. The van der Waals surface area contributed by atoms with Crippen LogP contribution < -0.4 is 10.5 Å². The molecule has 0 radical (unpaired) electrons. The van der Waals surface area contributed by atoms with Gasteiger partial charge in [-0.05, 0) is 23.8 Å². The molecule has 7 nitrogen and oxygen atoms in total. The number of nitrogens with zero attached hydrogens (tertiary/aromatic N) is 5. The lowest BCUT2D eigenvalue weighted by atomic mass is 9.83. The van der Waals surface area contributed by atoms with Crippen LogP contribution in [-0.4, -0.2) is 32.2 Å². The van der Waals surface area contributed by atoms with Gasteiger partial charge in [0.1, 0.15) is 11.7 Å². The second-order valence-electron chi connectivity index (χ2n) is 8.50. The first-order valence-corrected chi connectivity index (χ1v) is 10.4. The number of para-hydroxylation sites is 2. The summed E-state index contributed by atoms with van der Waals surface area (Å²) in [7, 11) is 1.96. The van der Waals surface area contributed by atoms with Gasteiger partial charge in [-0.15, -0.1) is 0 Å². The molecule has 0 bridgehead atoms. The van der Waals surface area contributed by atoms with Crippen LogP contribution in [0.3, 0.4) is 0 Å². The third kappa shape index (κ3) is 3.05. The molecule has 0 fully saturated rings. The Balaban J connectivity index is 1.46. The summed E-state index contributed by atoms with van der Waals surface area (Å²) >= 11 is 0. The zero-order chi connectivity index (χ0) is 22.5. The number of likely N-dealkylation sites (N-methyl/N-ethyl adjacent to an activating group) is 1. The molecular formula is C25H23N5O2. The minimum atomic E-state index is -0.301. The lowest BCUT2D eigenvalue weighted by Gasteiger charge is -2.24. The SMILES string of the molecule is CN1/C(=C\C(=O)Cn2cnc3c(cnn3-c3ccccc3)c2=O)C(C)(C)c2ccccc21. The highest BCUT2D eigenvalue weighted by atomic mass is 16.1. The Morgan fingerprint density at radius 3 is 2.53 bits per heavy atom. The molecule has 32 heavy (non-hydrogen) atoms. The van der Waals surface area contributed by atoms with Gasteiger partial charge in [-0.25, -0.2) is 9.67 Å². The predicted octanol–water partition coefficient (Wildman–Crippen LogP) is 3.46. The van der Waals surface area contributed by atoms with Crippen LogP contribution in [0.25, 0.3) is 16.7 Å². The number of ketones is 1. The summed E-state index contributed by atoms with van der Waals surface area (Å²) in [6, 6.07) is 17.6. The van der Waals surface area contributed by atoms with Crippen molar-refractivity contribution in [2.45, 2.75) is 25.8 Å². The molecule has 0 amide bonds. The van der Waals surface area contributed by atoms with Crippen molar-refractivity contribution in [3.63, 3.8) is 0 Å². The lowest BCUT2D eigenvalue weighted by molar-refractivity contribution is -0.115. The fourth-order valence-corrected chi connectivity index (χ4v) is 4.44. The summed E-state index contributed by atoms with van der Waals surface area (Å²) < 4.78 is 2.96. The van der Waals surface area contributed by atoms with E-state index in [1.807, 2.05) is 54.4 Å². The Labute approximate surface area is 185 Å². The largest absolute Gasteiger partial charge is 0.347 e. The molecule has 0 saturated carbocycles. The number of hydrogen-bond acceptors (Lipinski definition) is 5. The van der Waals surface area contributed by atoms with Crippen molar-refractivity contribution < 1.29 is 4.79 Å². The number of allylic oxidation sites excluding steroid dienone is 2. The van der Waals surface area contributed by atoms with E-state index in [9.17, 15) is 9.59 Å². The van der Waals surface area contributed by atoms with Crippen molar-refractivity contribution in [1.29, 1.82) is 0 Å². The van der Waals surface area contributed by atoms with Gasteiger partial charge in [-0.1, -0.05) is 50.2 Å². The maximum atomic E-state index is 13.0. The molecule has 0 spiro atoms. The van der Waals surface area contributed by atoms with Gasteiger partial charge in [-0.2, -0.15) is 5.10 Å². The summed E-state index contributed by atoms with van der Waals surface area (Å²) in [4.78, 5) is 32.4. The molecule has 0 unspecified atom stereocenters. The van der Waals surface area contributed by atoms with Crippen LogP contribution in [-0.2, 0) is 16.8 Å². The van der Waals surface area contributed by atoms with E-state index in [1.165, 1.54) is 22.7 Å². The molecule has 7 heteroatoms. The topological polar surface area (TPSA) is 73.0 Å². The zero-order valence-electron chi connectivity index (χ0n) is 18.2. The van der Waals surface area contributed by atoms with Crippen molar-refractivity contribution in [2.75, 3.05) is 11.9 Å². The van der Waals surface area contributed by atoms with Crippen LogP contribution >= 0.6 is 0 Å². The van der Waals surface area contributed by atoms with Gasteiger partial charge >= 0.3 is 0 Å². The number of hydrogen-bond donors (Lipinski definition) is 0. The number of carbonyl (C=O) groups excluding carboxylic acids is 1. The van der Waals surface area contributed by atoms with E-state index in [-0.39, 0.29) is 23.3 Å². The maximum absolute atomic E-state index is 13.0. The molecular weight excluding hydrogens is 402 g/mol. The van der Waals surface area contributed by atoms with Gasteiger partial charge < -0.3 is 4.90 Å². The minimum Gasteiger partial charge on any atom is -0.347 e. The molecule has 0 saturated heterocycles. The Bertz CT molecular complexity index is 1430. The lowest BCUT2D eigenvalue weighted by Crippen LogP contribution is -2.27. The highest BCUT2D eigenvalue weighted by Crippen LogP contribution is 2.46. The van der Waals surface area contributed by atoms with Gasteiger partial charge in [0, 0.05) is 29.9 Å². The van der Waals surface area contributed by atoms with Gasteiger partial charge in [-0.3, -0.25) is 14.2 Å². The van der Waals surface area contributed by atoms with Crippen LogP contribution in [0.2, 0.25) is 0 Å². The second-order valence-corrected chi connectivity index (χ2v) is 8.50. The normalized spacial score (nSPS) is 16.0. The van der Waals surface area contributed by atoms with Crippen LogP contribution in [0.4, 0.5) is 5.69 Å². The van der Waals surface area contributed by atoms with Crippen LogP contribution in [0.5, 0.6) is 0 Å². The predicted molar refractivity (Wildman–Crippen MR) is 124 cm³/mol. The Hall–Kier alpha value is -4.00. The molecule has 4 aromatic rings. The number of rotatable bonds is 4. The number of aromatic nitrogens is 4. The van der Waals surface area contributed by atoms with Gasteiger partial charge in [0.15, 0.2) is 11.4 Å². The number of benzene rings is 2. The molecule has 5 rings (SSSR count). The molecule has 2 aromatic carbocycles. The van der Waals surface area contributed by atoms with Gasteiger partial charge in [0.25, 0.3) is 5.56 Å². The first-order valence-electron chi connectivity index (χ1n) is 10.4. The van der Waals surface area contributed by atoms with E-state index in [1.54, 1.807) is 10.8 Å². The summed E-state index contributed by atoms with van der Waals surface area (Å²) in [5.41, 5.74) is 3.87. The first-order chi connectivity index (χ1) is 15.4. The maximum Gasteiger partial charge on any atom is 0.264 e. The average molecular weight is 425 g/mol. The van der Waals surface area contributed by atoms with Crippen molar-refractivity contribution in [3.8, 4) is 5.69 Å².